The number of nitrogens with one attached hydrogen (secondary N) is 1. The summed E-state index contributed by atoms with van der Waals surface area (Å²) in [4.78, 5) is 0. The zero-order valence-electron chi connectivity index (χ0n) is 15.6. The van der Waals surface area contributed by atoms with Gasteiger partial charge in [0.25, 0.3) is 0 Å². The summed E-state index contributed by atoms with van der Waals surface area (Å²) in [6.45, 7) is 3.02. The van der Waals surface area contributed by atoms with Crippen molar-refractivity contribution in [3.8, 4) is 12.3 Å². The van der Waals surface area contributed by atoms with Gasteiger partial charge in [0.05, 0.1) is 11.6 Å². The van der Waals surface area contributed by atoms with E-state index in [1.54, 1.807) is 0 Å². The largest absolute Gasteiger partial charge is 0.365 e. The summed E-state index contributed by atoms with van der Waals surface area (Å²) < 4.78 is 5.70. The fraction of sp³-hybridized carbons (Fsp3) is 0.200. The molecule has 0 heterocycles. The molecule has 2 heteroatoms. The van der Waals surface area contributed by atoms with E-state index in [4.69, 9.17) is 11.2 Å². The molecule has 0 bridgehead atoms. The Hall–Kier alpha value is -2.86. The highest BCUT2D eigenvalue weighted by Gasteiger charge is 2.36. The molecule has 0 fully saturated rings. The summed E-state index contributed by atoms with van der Waals surface area (Å²) >= 11 is 0. The maximum Gasteiger partial charge on any atom is 0.107 e. The highest BCUT2D eigenvalue weighted by atomic mass is 16.5. The van der Waals surface area contributed by atoms with Crippen molar-refractivity contribution in [1.82, 2.24) is 5.32 Å². The number of benzene rings is 3. The van der Waals surface area contributed by atoms with Gasteiger partial charge in [0, 0.05) is 6.54 Å². The Morgan fingerprint density at radius 3 is 1.59 bits per heavy atom. The van der Waals surface area contributed by atoms with Crippen molar-refractivity contribution < 1.29 is 4.74 Å². The molecule has 0 saturated heterocycles. The van der Waals surface area contributed by atoms with Crippen LogP contribution in [-0.4, -0.2) is 19.3 Å². The second-order valence-corrected chi connectivity index (χ2v) is 6.55. The van der Waals surface area contributed by atoms with Gasteiger partial charge in [-0.3, -0.25) is 5.32 Å². The topological polar surface area (TPSA) is 21.3 Å². The van der Waals surface area contributed by atoms with E-state index in [1.165, 1.54) is 16.7 Å². The third kappa shape index (κ3) is 4.28. The van der Waals surface area contributed by atoms with Crippen LogP contribution in [0.5, 0.6) is 0 Å². The first-order valence-electron chi connectivity index (χ1n) is 9.24. The lowest BCUT2D eigenvalue weighted by Crippen LogP contribution is -2.47. The maximum atomic E-state index is 5.70. The van der Waals surface area contributed by atoms with Crippen LogP contribution in [0.15, 0.2) is 91.0 Å². The molecule has 0 aliphatic rings. The van der Waals surface area contributed by atoms with Gasteiger partial charge in [-0.15, -0.1) is 6.42 Å². The van der Waals surface area contributed by atoms with Crippen LogP contribution in [0, 0.1) is 12.3 Å². The standard InChI is InChI=1S/C25H25NO/c1-3-19-27-21(2)20-26-25(22-13-7-4-8-14-22,23-15-9-5-10-16-23)24-17-11-6-12-18-24/h1,4-18,21,26H,19-20H2,2H3. The Kier molecular flexibility index (Phi) is 6.44. The highest BCUT2D eigenvalue weighted by Crippen LogP contribution is 2.36. The van der Waals surface area contributed by atoms with Crippen molar-refractivity contribution in [1.29, 1.82) is 0 Å². The van der Waals surface area contributed by atoms with Crippen LogP contribution in [0.4, 0.5) is 0 Å². The van der Waals surface area contributed by atoms with E-state index in [0.29, 0.717) is 13.2 Å². The lowest BCUT2D eigenvalue weighted by Gasteiger charge is -2.38. The molecule has 27 heavy (non-hydrogen) atoms. The fourth-order valence-corrected chi connectivity index (χ4v) is 3.42. The van der Waals surface area contributed by atoms with Crippen molar-refractivity contribution in [3.63, 3.8) is 0 Å². The quantitative estimate of drug-likeness (QED) is 0.471. The lowest BCUT2D eigenvalue weighted by molar-refractivity contribution is 0.0873. The van der Waals surface area contributed by atoms with Gasteiger partial charge >= 0.3 is 0 Å². The summed E-state index contributed by atoms with van der Waals surface area (Å²) in [7, 11) is 0. The number of rotatable bonds is 8. The first-order chi connectivity index (χ1) is 13.3. The summed E-state index contributed by atoms with van der Waals surface area (Å²) in [6, 6.07) is 31.6. The molecule has 1 unspecified atom stereocenters. The molecule has 3 aromatic rings. The SMILES string of the molecule is C#CCOC(C)CNC(c1ccccc1)(c1ccccc1)c1ccccc1. The van der Waals surface area contributed by atoms with E-state index >= 15 is 0 Å². The van der Waals surface area contributed by atoms with Gasteiger partial charge in [-0.2, -0.15) is 0 Å². The van der Waals surface area contributed by atoms with Gasteiger partial charge in [-0.05, 0) is 23.6 Å². The normalized spacial score (nSPS) is 12.3. The minimum absolute atomic E-state index is 0.00318. The van der Waals surface area contributed by atoms with Crippen LogP contribution in [0.2, 0.25) is 0 Å². The third-order valence-electron chi connectivity index (χ3n) is 4.73. The van der Waals surface area contributed by atoms with Gasteiger partial charge in [0.2, 0.25) is 0 Å². The van der Waals surface area contributed by atoms with Gasteiger partial charge in [-0.1, -0.05) is 96.9 Å². The van der Waals surface area contributed by atoms with Crippen molar-refractivity contribution in [2.24, 2.45) is 0 Å². The Morgan fingerprint density at radius 1 is 0.815 bits per heavy atom. The first-order valence-corrected chi connectivity index (χ1v) is 9.24. The third-order valence-corrected chi connectivity index (χ3v) is 4.73. The highest BCUT2D eigenvalue weighted by molar-refractivity contribution is 5.49. The first kappa shape index (κ1) is 18.9. The van der Waals surface area contributed by atoms with Crippen LogP contribution in [-0.2, 0) is 10.3 Å². The molecular weight excluding hydrogens is 330 g/mol. The number of hydrogen-bond acceptors (Lipinski definition) is 2. The van der Waals surface area contributed by atoms with E-state index in [2.05, 4.69) is 84.0 Å². The second-order valence-electron chi connectivity index (χ2n) is 6.55. The number of ether oxygens (including phenoxy) is 1. The smallest absolute Gasteiger partial charge is 0.107 e. The monoisotopic (exact) mass is 355 g/mol. The van der Waals surface area contributed by atoms with Crippen LogP contribution in [0.25, 0.3) is 0 Å². The zero-order valence-corrected chi connectivity index (χ0v) is 15.6. The maximum absolute atomic E-state index is 5.70. The molecule has 0 saturated carbocycles. The summed E-state index contributed by atoms with van der Waals surface area (Å²) in [5.74, 6) is 2.54. The predicted molar refractivity (Wildman–Crippen MR) is 111 cm³/mol. The Bertz CT molecular complexity index is 756. The molecular formula is C25H25NO. The van der Waals surface area contributed by atoms with E-state index in [1.807, 2.05) is 25.1 Å². The molecule has 0 aliphatic heterocycles. The minimum atomic E-state index is -0.475. The summed E-state index contributed by atoms with van der Waals surface area (Å²) in [6.07, 6.45) is 5.33. The molecule has 0 aliphatic carbocycles. The van der Waals surface area contributed by atoms with Gasteiger partial charge in [0.15, 0.2) is 0 Å². The molecule has 3 aromatic carbocycles. The fourth-order valence-electron chi connectivity index (χ4n) is 3.42. The molecule has 0 radical (unpaired) electrons. The molecule has 1 N–H and O–H groups in total. The Labute approximate surface area is 162 Å². The predicted octanol–water partition coefficient (Wildman–Crippen LogP) is 4.61. The van der Waals surface area contributed by atoms with E-state index in [0.717, 1.165) is 0 Å². The molecule has 3 rings (SSSR count). The average Bonchev–Trinajstić information content (AvgIpc) is 2.75. The van der Waals surface area contributed by atoms with Gasteiger partial charge < -0.3 is 4.74 Å². The molecule has 0 amide bonds. The number of hydrogen-bond donors (Lipinski definition) is 1. The van der Waals surface area contributed by atoms with Crippen LogP contribution in [0.3, 0.4) is 0 Å². The van der Waals surface area contributed by atoms with E-state index < -0.39 is 5.54 Å². The molecule has 136 valence electrons. The zero-order chi connectivity index (χ0) is 19.0. The minimum Gasteiger partial charge on any atom is -0.365 e. The van der Waals surface area contributed by atoms with E-state index in [9.17, 15) is 0 Å². The lowest BCUT2D eigenvalue weighted by atomic mass is 9.77. The van der Waals surface area contributed by atoms with Crippen molar-refractivity contribution in [2.75, 3.05) is 13.2 Å². The number of terminal acetylenes is 1. The van der Waals surface area contributed by atoms with Crippen molar-refractivity contribution in [3.05, 3.63) is 108 Å². The molecule has 0 aromatic heterocycles. The van der Waals surface area contributed by atoms with Gasteiger partial charge in [0.1, 0.15) is 6.61 Å². The summed E-state index contributed by atoms with van der Waals surface area (Å²) in [5, 5.41) is 3.80. The van der Waals surface area contributed by atoms with Gasteiger partial charge in [-0.25, -0.2) is 0 Å². The van der Waals surface area contributed by atoms with Crippen LogP contribution < -0.4 is 5.32 Å². The Morgan fingerprint density at radius 2 is 1.22 bits per heavy atom. The summed E-state index contributed by atoms with van der Waals surface area (Å²) in [5.41, 5.74) is 3.09. The van der Waals surface area contributed by atoms with Crippen LogP contribution >= 0.6 is 0 Å². The molecule has 0 spiro atoms. The molecule has 2 nitrogen and oxygen atoms in total. The second kappa shape index (κ2) is 9.19. The Balaban J connectivity index is 2.10. The van der Waals surface area contributed by atoms with Crippen LogP contribution in [0.1, 0.15) is 23.6 Å². The van der Waals surface area contributed by atoms with Crippen molar-refractivity contribution >= 4 is 0 Å². The molecule has 1 atom stereocenters. The van der Waals surface area contributed by atoms with E-state index in [-0.39, 0.29) is 6.10 Å². The van der Waals surface area contributed by atoms with Crippen molar-refractivity contribution in [2.45, 2.75) is 18.6 Å². The average molecular weight is 355 g/mol.